The summed E-state index contributed by atoms with van der Waals surface area (Å²) in [6, 6.07) is 5.57. The summed E-state index contributed by atoms with van der Waals surface area (Å²) < 4.78 is 1.74. The van der Waals surface area contributed by atoms with Crippen molar-refractivity contribution in [1.82, 2.24) is 14.7 Å². The minimum atomic E-state index is -0.323. The van der Waals surface area contributed by atoms with E-state index in [4.69, 9.17) is 5.11 Å². The molecule has 5 heteroatoms. The molecule has 0 aromatic carbocycles. The zero-order chi connectivity index (χ0) is 13.2. The topological polar surface area (TPSA) is 66.6 Å². The first-order valence-corrected chi connectivity index (χ1v) is 5.85. The van der Waals surface area contributed by atoms with Crippen molar-refractivity contribution in [1.29, 1.82) is 0 Å². The van der Waals surface area contributed by atoms with Gasteiger partial charge in [-0.1, -0.05) is 19.9 Å². The number of rotatable bonds is 4. The van der Waals surface area contributed by atoms with E-state index in [1.54, 1.807) is 16.8 Å². The van der Waals surface area contributed by atoms with Gasteiger partial charge in [0.15, 0.2) is 0 Å². The van der Waals surface area contributed by atoms with Crippen LogP contribution in [0.15, 0.2) is 30.6 Å². The number of aliphatic hydroxyl groups is 1. The average molecular weight is 247 g/mol. The maximum Gasteiger partial charge on any atom is 0.269 e. The SMILES string of the molecule is CC(C)(CO)CNC(=O)c1cnc2ccccn12. The van der Waals surface area contributed by atoms with E-state index in [-0.39, 0.29) is 17.9 Å². The van der Waals surface area contributed by atoms with Gasteiger partial charge in [-0.3, -0.25) is 9.20 Å². The van der Waals surface area contributed by atoms with Crippen LogP contribution in [0.4, 0.5) is 0 Å². The number of aromatic nitrogens is 2. The highest BCUT2D eigenvalue weighted by Crippen LogP contribution is 2.12. The fraction of sp³-hybridized carbons (Fsp3) is 0.385. The number of pyridine rings is 1. The Balaban J connectivity index is 2.14. The lowest BCUT2D eigenvalue weighted by molar-refractivity contribution is 0.0905. The van der Waals surface area contributed by atoms with Gasteiger partial charge in [-0.05, 0) is 12.1 Å². The first-order valence-electron chi connectivity index (χ1n) is 5.85. The first-order chi connectivity index (χ1) is 8.53. The van der Waals surface area contributed by atoms with Crippen LogP contribution in [0.3, 0.4) is 0 Å². The van der Waals surface area contributed by atoms with Crippen LogP contribution >= 0.6 is 0 Å². The van der Waals surface area contributed by atoms with Gasteiger partial charge in [0.1, 0.15) is 11.3 Å². The molecular formula is C13H17N3O2. The Morgan fingerprint density at radius 3 is 3.00 bits per heavy atom. The normalized spacial score (nSPS) is 11.7. The van der Waals surface area contributed by atoms with Crippen LogP contribution in [-0.4, -0.2) is 33.6 Å². The third kappa shape index (κ3) is 2.51. The molecule has 0 unspecified atom stereocenters. The molecule has 5 nitrogen and oxygen atoms in total. The largest absolute Gasteiger partial charge is 0.396 e. The summed E-state index contributed by atoms with van der Waals surface area (Å²) in [5.41, 5.74) is 0.916. The fourth-order valence-corrected chi connectivity index (χ4v) is 1.57. The molecule has 0 atom stereocenters. The fourth-order valence-electron chi connectivity index (χ4n) is 1.57. The zero-order valence-electron chi connectivity index (χ0n) is 10.6. The highest BCUT2D eigenvalue weighted by Gasteiger charge is 2.19. The van der Waals surface area contributed by atoms with Crippen LogP contribution in [0.25, 0.3) is 5.65 Å². The van der Waals surface area contributed by atoms with Gasteiger partial charge in [0.2, 0.25) is 0 Å². The highest BCUT2D eigenvalue weighted by molar-refractivity contribution is 5.93. The second kappa shape index (κ2) is 4.78. The summed E-state index contributed by atoms with van der Waals surface area (Å²) in [7, 11) is 0. The standard InChI is InChI=1S/C13H17N3O2/c1-13(2,9-17)8-15-12(18)10-7-14-11-5-3-4-6-16(10)11/h3-7,17H,8-9H2,1-2H3,(H,15,18). The van der Waals surface area contributed by atoms with Crippen molar-refractivity contribution in [3.63, 3.8) is 0 Å². The monoisotopic (exact) mass is 247 g/mol. The zero-order valence-corrected chi connectivity index (χ0v) is 10.6. The molecule has 1 amide bonds. The van der Waals surface area contributed by atoms with Gasteiger partial charge < -0.3 is 10.4 Å². The quantitative estimate of drug-likeness (QED) is 0.849. The lowest BCUT2D eigenvalue weighted by Gasteiger charge is -2.21. The molecule has 0 saturated heterocycles. The molecule has 0 bridgehead atoms. The molecular weight excluding hydrogens is 230 g/mol. The molecule has 2 aromatic heterocycles. The number of hydrogen-bond acceptors (Lipinski definition) is 3. The Kier molecular flexibility index (Phi) is 3.34. The number of amides is 1. The number of nitrogens with one attached hydrogen (secondary N) is 1. The number of fused-ring (bicyclic) bond motifs is 1. The van der Waals surface area contributed by atoms with Crippen molar-refractivity contribution >= 4 is 11.6 Å². The summed E-state index contributed by atoms with van der Waals surface area (Å²) in [5.74, 6) is -0.185. The smallest absolute Gasteiger partial charge is 0.269 e. The molecule has 2 aromatic rings. The summed E-state index contributed by atoms with van der Waals surface area (Å²) in [5, 5.41) is 11.9. The van der Waals surface area contributed by atoms with Gasteiger partial charge in [-0.25, -0.2) is 4.98 Å². The minimum Gasteiger partial charge on any atom is -0.396 e. The highest BCUT2D eigenvalue weighted by atomic mass is 16.3. The molecule has 0 aliphatic heterocycles. The molecule has 2 rings (SSSR count). The number of imidazole rings is 1. The van der Waals surface area contributed by atoms with Gasteiger partial charge in [-0.2, -0.15) is 0 Å². The third-order valence-corrected chi connectivity index (χ3v) is 2.81. The van der Waals surface area contributed by atoms with Crippen molar-refractivity contribution in [2.24, 2.45) is 5.41 Å². The third-order valence-electron chi connectivity index (χ3n) is 2.81. The summed E-state index contributed by atoms with van der Waals surface area (Å²) in [4.78, 5) is 16.2. The van der Waals surface area contributed by atoms with E-state index in [2.05, 4.69) is 10.3 Å². The molecule has 96 valence electrons. The summed E-state index contributed by atoms with van der Waals surface area (Å²) in [6.45, 7) is 4.23. The van der Waals surface area contributed by atoms with Gasteiger partial charge in [-0.15, -0.1) is 0 Å². The van der Waals surface area contributed by atoms with E-state index in [0.29, 0.717) is 12.2 Å². The Bertz CT molecular complexity index is 560. The Morgan fingerprint density at radius 2 is 2.28 bits per heavy atom. The van der Waals surface area contributed by atoms with Crippen molar-refractivity contribution in [2.45, 2.75) is 13.8 Å². The van der Waals surface area contributed by atoms with E-state index in [1.807, 2.05) is 32.0 Å². The Labute approximate surface area is 105 Å². The maximum absolute atomic E-state index is 12.0. The van der Waals surface area contributed by atoms with Crippen molar-refractivity contribution in [3.05, 3.63) is 36.3 Å². The molecule has 0 fully saturated rings. The van der Waals surface area contributed by atoms with E-state index in [0.717, 1.165) is 5.65 Å². The van der Waals surface area contributed by atoms with Gasteiger partial charge >= 0.3 is 0 Å². The van der Waals surface area contributed by atoms with Crippen LogP contribution in [0, 0.1) is 5.41 Å². The number of hydrogen-bond donors (Lipinski definition) is 2. The summed E-state index contributed by atoms with van der Waals surface area (Å²) >= 11 is 0. The van der Waals surface area contributed by atoms with E-state index in [9.17, 15) is 4.79 Å². The predicted octanol–water partition coefficient (Wildman–Crippen LogP) is 1.08. The van der Waals surface area contributed by atoms with Crippen LogP contribution in [0.5, 0.6) is 0 Å². The van der Waals surface area contributed by atoms with Crippen LogP contribution in [-0.2, 0) is 0 Å². The number of carbonyl (C=O) groups is 1. The summed E-state index contributed by atoms with van der Waals surface area (Å²) in [6.07, 6.45) is 3.35. The van der Waals surface area contributed by atoms with Gasteiger partial charge in [0.25, 0.3) is 5.91 Å². The second-order valence-electron chi connectivity index (χ2n) is 5.08. The van der Waals surface area contributed by atoms with Crippen molar-refractivity contribution in [2.75, 3.05) is 13.2 Å². The predicted molar refractivity (Wildman–Crippen MR) is 68.4 cm³/mol. The second-order valence-corrected chi connectivity index (χ2v) is 5.08. The number of carbonyl (C=O) groups excluding carboxylic acids is 1. The van der Waals surface area contributed by atoms with Crippen LogP contribution in [0.2, 0.25) is 0 Å². The lowest BCUT2D eigenvalue weighted by Crippen LogP contribution is -2.36. The van der Waals surface area contributed by atoms with E-state index < -0.39 is 0 Å². The maximum atomic E-state index is 12.0. The molecule has 0 saturated carbocycles. The van der Waals surface area contributed by atoms with Crippen molar-refractivity contribution < 1.29 is 9.90 Å². The Morgan fingerprint density at radius 1 is 1.50 bits per heavy atom. The molecule has 0 radical (unpaired) electrons. The van der Waals surface area contributed by atoms with Crippen molar-refractivity contribution in [3.8, 4) is 0 Å². The van der Waals surface area contributed by atoms with Crippen LogP contribution < -0.4 is 5.32 Å². The van der Waals surface area contributed by atoms with E-state index in [1.165, 1.54) is 0 Å². The number of aliphatic hydroxyl groups excluding tert-OH is 1. The molecule has 2 heterocycles. The molecule has 0 aliphatic rings. The first kappa shape index (κ1) is 12.6. The molecule has 2 N–H and O–H groups in total. The minimum absolute atomic E-state index is 0.0282. The molecule has 0 spiro atoms. The van der Waals surface area contributed by atoms with Crippen LogP contribution in [0.1, 0.15) is 24.3 Å². The average Bonchev–Trinajstić information content (AvgIpc) is 2.80. The van der Waals surface area contributed by atoms with E-state index >= 15 is 0 Å². The molecule has 0 aliphatic carbocycles. The molecule has 18 heavy (non-hydrogen) atoms. The number of nitrogens with zero attached hydrogens (tertiary/aromatic N) is 2. The Hall–Kier alpha value is -1.88. The lowest BCUT2D eigenvalue weighted by atomic mass is 9.95. The van der Waals surface area contributed by atoms with Gasteiger partial charge in [0.05, 0.1) is 6.20 Å². The van der Waals surface area contributed by atoms with Gasteiger partial charge in [0, 0.05) is 24.8 Å².